The number of fused-ring (bicyclic) bond motifs is 2. The molecule has 0 radical (unpaired) electrons. The van der Waals surface area contributed by atoms with Crippen LogP contribution in [0.2, 0.25) is 0 Å². The molecule has 9 nitrogen and oxygen atoms in total. The number of carbonyl (C=O) groups excluding carboxylic acids is 2. The van der Waals surface area contributed by atoms with Crippen molar-refractivity contribution in [1.29, 1.82) is 0 Å². The highest BCUT2D eigenvalue weighted by Crippen LogP contribution is 2.40. The van der Waals surface area contributed by atoms with Crippen LogP contribution in [0.25, 0.3) is 0 Å². The van der Waals surface area contributed by atoms with Crippen molar-refractivity contribution < 1.29 is 26.0 Å². The summed E-state index contributed by atoms with van der Waals surface area (Å²) in [4.78, 5) is 34.1. The summed E-state index contributed by atoms with van der Waals surface area (Å²) in [7, 11) is 3.86. The summed E-state index contributed by atoms with van der Waals surface area (Å²) >= 11 is 0. The molecule has 6 N–H and O–H groups in total. The third kappa shape index (κ3) is 5.96. The number of anilines is 3. The van der Waals surface area contributed by atoms with Crippen molar-refractivity contribution in [1.82, 2.24) is 9.80 Å². The minimum atomic E-state index is -0.104. The van der Waals surface area contributed by atoms with E-state index in [0.29, 0.717) is 17.8 Å². The first-order valence-electron chi connectivity index (χ1n) is 9.26. The van der Waals surface area contributed by atoms with E-state index in [4.69, 9.17) is 0 Å². The number of hydrogen-bond donors (Lipinski definition) is 0. The van der Waals surface area contributed by atoms with Gasteiger partial charge in [0.05, 0.1) is 29.2 Å². The molecule has 2 aliphatic rings. The summed E-state index contributed by atoms with van der Waals surface area (Å²) in [5.41, 5.74) is 2.68. The lowest BCUT2D eigenvalue weighted by molar-refractivity contribution is -0.119. The Labute approximate surface area is 200 Å². The van der Waals surface area contributed by atoms with Crippen LogP contribution in [0.5, 0.6) is 0 Å². The van der Waals surface area contributed by atoms with Crippen LogP contribution in [0.15, 0.2) is 48.5 Å². The van der Waals surface area contributed by atoms with Crippen LogP contribution in [0.4, 0.5) is 17.1 Å². The molecule has 2 amide bonds. The molecule has 0 spiro atoms. The summed E-state index contributed by atoms with van der Waals surface area (Å²) in [6.07, 6.45) is 0. The molecule has 2 aromatic rings. The highest BCUT2D eigenvalue weighted by molar-refractivity contribution is 6.18. The van der Waals surface area contributed by atoms with Crippen LogP contribution < -0.4 is 9.80 Å². The zero-order chi connectivity index (χ0) is 19.0. The second-order valence-corrected chi connectivity index (χ2v) is 7.18. The van der Waals surface area contributed by atoms with E-state index in [1.165, 1.54) is 0 Å². The van der Waals surface area contributed by atoms with Gasteiger partial charge in [-0.2, -0.15) is 0 Å². The van der Waals surface area contributed by atoms with E-state index in [1.807, 2.05) is 42.5 Å². The van der Waals surface area contributed by atoms with E-state index in [9.17, 15) is 9.59 Å². The van der Waals surface area contributed by atoms with E-state index in [0.717, 1.165) is 37.6 Å². The molecule has 180 valence electrons. The molecule has 0 atom stereocenters. The van der Waals surface area contributed by atoms with Gasteiger partial charge in [0.15, 0.2) is 0 Å². The van der Waals surface area contributed by atoms with E-state index < -0.39 is 0 Å². The molecule has 32 heavy (non-hydrogen) atoms. The maximum atomic E-state index is 13.4. The largest absolute Gasteiger partial charge is 0.412 e. The summed E-state index contributed by atoms with van der Waals surface area (Å²) in [6.45, 7) is 4.01. The van der Waals surface area contributed by atoms with Gasteiger partial charge in [0, 0.05) is 33.2 Å². The van der Waals surface area contributed by atoms with Gasteiger partial charge >= 0.3 is 0 Å². The molecular weight excluding hydrogens is 459 g/mol. The lowest BCUT2D eigenvalue weighted by Gasteiger charge is -2.33. The van der Waals surface area contributed by atoms with Crippen LogP contribution in [0.3, 0.4) is 0 Å². The Morgan fingerprint density at radius 2 is 1.28 bits per heavy atom. The molecule has 0 bridgehead atoms. The van der Waals surface area contributed by atoms with Gasteiger partial charge in [-0.1, -0.05) is 24.3 Å². The normalized spacial score (nSPS) is 15.2. The molecule has 11 heteroatoms. The first-order valence-corrected chi connectivity index (χ1v) is 9.26. The molecule has 1 fully saturated rings. The highest BCUT2D eigenvalue weighted by atomic mass is 35.5. The Morgan fingerprint density at radius 1 is 0.781 bits per heavy atom. The number of piperazine rings is 1. The minimum absolute atomic E-state index is 0. The first kappa shape index (κ1) is 31.9. The average molecular weight is 491 g/mol. The fourth-order valence-corrected chi connectivity index (χ4v) is 3.74. The number of amides is 2. The van der Waals surface area contributed by atoms with Crippen molar-refractivity contribution in [3.05, 3.63) is 54.1 Å². The maximum absolute atomic E-state index is 13.4. The predicted molar refractivity (Wildman–Crippen MR) is 132 cm³/mol. The molecule has 1 saturated heterocycles. The Bertz CT molecular complexity index is 894. The van der Waals surface area contributed by atoms with Gasteiger partial charge in [-0.15, -0.1) is 24.8 Å². The topological polar surface area (TPSA) is 142 Å². The van der Waals surface area contributed by atoms with Crippen LogP contribution in [0, 0.1) is 0 Å². The van der Waals surface area contributed by atoms with Gasteiger partial charge in [0.2, 0.25) is 5.91 Å². The van der Waals surface area contributed by atoms with Crippen molar-refractivity contribution in [3.63, 3.8) is 0 Å². The van der Waals surface area contributed by atoms with E-state index >= 15 is 0 Å². The second kappa shape index (κ2) is 13.3. The molecule has 0 saturated carbocycles. The van der Waals surface area contributed by atoms with Gasteiger partial charge in [-0.05, 0) is 31.3 Å². The molecule has 4 rings (SSSR count). The van der Waals surface area contributed by atoms with Crippen molar-refractivity contribution in [2.24, 2.45) is 0 Å². The van der Waals surface area contributed by atoms with Crippen molar-refractivity contribution in [2.45, 2.75) is 0 Å². The van der Waals surface area contributed by atoms with Gasteiger partial charge < -0.3 is 26.2 Å². The van der Waals surface area contributed by atoms with Crippen LogP contribution in [-0.2, 0) is 4.79 Å². The predicted octanol–water partition coefficient (Wildman–Crippen LogP) is 0.558. The van der Waals surface area contributed by atoms with Gasteiger partial charge in [0.25, 0.3) is 5.91 Å². The average Bonchev–Trinajstić information content (AvgIpc) is 2.78. The Morgan fingerprint density at radius 3 is 1.88 bits per heavy atom. The van der Waals surface area contributed by atoms with E-state index in [-0.39, 0.29) is 53.1 Å². The van der Waals surface area contributed by atoms with Gasteiger partial charge in [-0.3, -0.25) is 19.4 Å². The third-order valence-electron chi connectivity index (χ3n) is 5.37. The van der Waals surface area contributed by atoms with Crippen LogP contribution in [0.1, 0.15) is 10.4 Å². The first-order chi connectivity index (χ1) is 13.1. The van der Waals surface area contributed by atoms with Crippen molar-refractivity contribution in [2.75, 3.05) is 56.6 Å². The number of nitrogens with zero attached hydrogens (tertiary/aromatic N) is 4. The number of para-hydroxylation sites is 3. The number of halogens is 2. The molecule has 2 heterocycles. The van der Waals surface area contributed by atoms with Crippen molar-refractivity contribution in [3.8, 4) is 0 Å². The number of benzene rings is 2. The molecule has 2 aliphatic heterocycles. The van der Waals surface area contributed by atoms with Gasteiger partial charge in [-0.25, -0.2) is 0 Å². The fourth-order valence-electron chi connectivity index (χ4n) is 3.74. The quantitative estimate of drug-likeness (QED) is 0.605. The Kier molecular flexibility index (Phi) is 13.3. The molecule has 0 aliphatic carbocycles. The zero-order valence-electron chi connectivity index (χ0n) is 18.1. The number of hydrogen-bond acceptors (Lipinski definition) is 4. The summed E-state index contributed by atoms with van der Waals surface area (Å²) in [5.74, 6) is -0.115. The summed E-state index contributed by atoms with van der Waals surface area (Å²) < 4.78 is 0. The Balaban J connectivity index is 0. The summed E-state index contributed by atoms with van der Waals surface area (Å²) in [5, 5.41) is 0. The van der Waals surface area contributed by atoms with Crippen LogP contribution >= 0.6 is 24.8 Å². The lowest BCUT2D eigenvalue weighted by Crippen LogP contribution is -2.48. The molecule has 2 aromatic carbocycles. The second-order valence-electron chi connectivity index (χ2n) is 7.18. The molecule has 0 unspecified atom stereocenters. The third-order valence-corrected chi connectivity index (χ3v) is 5.37. The summed E-state index contributed by atoms with van der Waals surface area (Å²) in [6, 6.07) is 14.9. The highest BCUT2D eigenvalue weighted by Gasteiger charge is 2.32. The number of likely N-dealkylation sites (N-methyl/N-ethyl adjacent to an activating group) is 1. The van der Waals surface area contributed by atoms with E-state index in [1.54, 1.807) is 22.9 Å². The lowest BCUT2D eigenvalue weighted by atomic mass is 10.1. The van der Waals surface area contributed by atoms with Crippen LogP contribution in [-0.4, -0.2) is 84.9 Å². The van der Waals surface area contributed by atoms with Gasteiger partial charge in [0.1, 0.15) is 0 Å². The fraction of sp³-hybridized carbons (Fsp3) is 0.333. The maximum Gasteiger partial charge on any atom is 0.260 e. The number of carbonyl (C=O) groups is 2. The SMILES string of the molecule is CN1CCN(CC(=O)N2c3ccccc3C(=O)N(C)c3ccccc32)CC1.Cl.Cl.O.O.O. The van der Waals surface area contributed by atoms with Crippen molar-refractivity contribution >= 4 is 53.7 Å². The molecular formula is C21H32Cl2N4O5. The van der Waals surface area contributed by atoms with E-state index in [2.05, 4.69) is 16.8 Å². The Hall–Kier alpha value is -2.24. The molecule has 0 aromatic heterocycles. The smallest absolute Gasteiger partial charge is 0.260 e. The monoisotopic (exact) mass is 490 g/mol. The minimum Gasteiger partial charge on any atom is -0.412 e. The zero-order valence-corrected chi connectivity index (χ0v) is 19.7. The standard InChI is InChI=1S/C21H24N4O2.2ClH.3H2O/c1-22-11-13-24(14-12-22)15-20(26)25-17-8-4-3-7-16(17)21(27)23(2)18-9-5-6-10-19(18)25;;;;;/h3-10H,11-15H2,1-2H3;2*1H;3*1H2. The number of rotatable bonds is 2.